The number of benzene rings is 1. The van der Waals surface area contributed by atoms with Crippen LogP contribution in [0, 0.1) is 10.1 Å². The fourth-order valence-electron chi connectivity index (χ4n) is 1.84. The van der Waals surface area contributed by atoms with Crippen molar-refractivity contribution in [2.75, 3.05) is 18.9 Å². The second-order valence-electron chi connectivity index (χ2n) is 4.76. The first-order valence-electron chi connectivity index (χ1n) is 7.18. The Hall–Kier alpha value is -2.49. The third kappa shape index (κ3) is 5.01. The van der Waals surface area contributed by atoms with E-state index in [-0.39, 0.29) is 12.2 Å². The van der Waals surface area contributed by atoms with Crippen LogP contribution < -0.4 is 5.32 Å². The van der Waals surface area contributed by atoms with Gasteiger partial charge in [0.15, 0.2) is 15.6 Å². The first kappa shape index (κ1) is 19.6. The number of rotatable bonds is 8. The summed E-state index contributed by atoms with van der Waals surface area (Å²) in [5.74, 6) is -2.56. The highest BCUT2D eigenvalue weighted by Gasteiger charge is 2.29. The van der Waals surface area contributed by atoms with Crippen LogP contribution >= 0.6 is 0 Å². The van der Waals surface area contributed by atoms with Crippen LogP contribution in [0.2, 0.25) is 0 Å². The van der Waals surface area contributed by atoms with Crippen molar-refractivity contribution in [3.05, 3.63) is 33.9 Å². The molecular formula is C14H18N2O7S. The number of nitro groups is 1. The molecule has 1 amide bonds. The number of hydrogen-bond acceptors (Lipinski definition) is 7. The van der Waals surface area contributed by atoms with E-state index >= 15 is 0 Å². The Morgan fingerprint density at radius 2 is 1.96 bits per heavy atom. The SMILES string of the molecule is CCCNC(=O)c1ccc(S(=O)(=O)CC(=O)OCC)c([N+](=O)[O-])c1. The smallest absolute Gasteiger partial charge is 0.321 e. The number of carbonyl (C=O) groups is 2. The van der Waals surface area contributed by atoms with E-state index < -0.39 is 43.0 Å². The lowest BCUT2D eigenvalue weighted by Gasteiger charge is -2.08. The molecule has 0 heterocycles. The van der Waals surface area contributed by atoms with E-state index in [4.69, 9.17) is 0 Å². The molecule has 0 atom stereocenters. The maximum atomic E-state index is 12.2. The zero-order valence-corrected chi connectivity index (χ0v) is 14.1. The largest absolute Gasteiger partial charge is 0.465 e. The van der Waals surface area contributed by atoms with Gasteiger partial charge in [-0.15, -0.1) is 0 Å². The molecule has 0 unspecified atom stereocenters. The number of hydrogen-bond donors (Lipinski definition) is 1. The summed E-state index contributed by atoms with van der Waals surface area (Å²) in [6.45, 7) is 3.73. The van der Waals surface area contributed by atoms with Gasteiger partial charge in [-0.25, -0.2) is 8.42 Å². The van der Waals surface area contributed by atoms with E-state index in [0.717, 1.165) is 18.2 Å². The quantitative estimate of drug-likeness (QED) is 0.417. The van der Waals surface area contributed by atoms with Gasteiger partial charge < -0.3 is 10.1 Å². The molecule has 0 saturated carbocycles. The summed E-state index contributed by atoms with van der Waals surface area (Å²) in [4.78, 5) is 32.8. The summed E-state index contributed by atoms with van der Waals surface area (Å²) in [5, 5.41) is 13.7. The summed E-state index contributed by atoms with van der Waals surface area (Å²) < 4.78 is 28.9. The van der Waals surface area contributed by atoms with E-state index in [0.29, 0.717) is 13.0 Å². The van der Waals surface area contributed by atoms with E-state index in [1.807, 2.05) is 6.92 Å². The number of ether oxygens (including phenoxy) is 1. The van der Waals surface area contributed by atoms with Crippen LogP contribution in [0.25, 0.3) is 0 Å². The summed E-state index contributed by atoms with van der Waals surface area (Å²) in [7, 11) is -4.26. The molecule has 0 fully saturated rings. The lowest BCUT2D eigenvalue weighted by atomic mass is 10.2. The zero-order chi connectivity index (χ0) is 18.3. The Bertz CT molecular complexity index is 743. The average Bonchev–Trinajstić information content (AvgIpc) is 2.51. The van der Waals surface area contributed by atoms with Crippen molar-refractivity contribution >= 4 is 27.4 Å². The second kappa shape index (κ2) is 8.39. The van der Waals surface area contributed by atoms with Crippen molar-refractivity contribution in [1.29, 1.82) is 0 Å². The zero-order valence-electron chi connectivity index (χ0n) is 13.3. The molecule has 24 heavy (non-hydrogen) atoms. The lowest BCUT2D eigenvalue weighted by molar-refractivity contribution is -0.387. The van der Waals surface area contributed by atoms with Crippen LogP contribution in [-0.2, 0) is 19.4 Å². The fourth-order valence-corrected chi connectivity index (χ4v) is 3.12. The Morgan fingerprint density at radius 1 is 1.29 bits per heavy atom. The molecule has 0 bridgehead atoms. The van der Waals surface area contributed by atoms with E-state index in [1.165, 1.54) is 6.92 Å². The van der Waals surface area contributed by atoms with E-state index in [2.05, 4.69) is 10.1 Å². The topological polar surface area (TPSA) is 133 Å². The highest BCUT2D eigenvalue weighted by Crippen LogP contribution is 2.26. The molecule has 0 aromatic heterocycles. The van der Waals surface area contributed by atoms with Gasteiger partial charge in [0.05, 0.1) is 11.5 Å². The number of amides is 1. The minimum atomic E-state index is -4.26. The standard InChI is InChI=1S/C14H18N2O7S/c1-3-7-15-14(18)10-5-6-12(11(8-10)16(19)20)24(21,22)9-13(17)23-4-2/h5-6,8H,3-4,7,9H2,1-2H3,(H,15,18). The number of esters is 1. The maximum absolute atomic E-state index is 12.2. The van der Waals surface area contributed by atoms with Gasteiger partial charge in [-0.1, -0.05) is 6.92 Å². The van der Waals surface area contributed by atoms with Crippen LogP contribution in [0.3, 0.4) is 0 Å². The van der Waals surface area contributed by atoms with Gasteiger partial charge in [-0.2, -0.15) is 0 Å². The van der Waals surface area contributed by atoms with Gasteiger partial charge in [-0.3, -0.25) is 19.7 Å². The second-order valence-corrected chi connectivity index (χ2v) is 6.72. The highest BCUT2D eigenvalue weighted by atomic mass is 32.2. The Labute approximate surface area is 139 Å². The molecule has 0 radical (unpaired) electrons. The van der Waals surface area contributed by atoms with Crippen molar-refractivity contribution in [2.45, 2.75) is 25.2 Å². The molecule has 1 aromatic carbocycles. The molecule has 9 nitrogen and oxygen atoms in total. The van der Waals surface area contributed by atoms with Crippen LogP contribution in [0.15, 0.2) is 23.1 Å². The van der Waals surface area contributed by atoms with Crippen LogP contribution in [0.1, 0.15) is 30.6 Å². The first-order valence-corrected chi connectivity index (χ1v) is 8.83. The summed E-state index contributed by atoms with van der Waals surface area (Å²) >= 11 is 0. The molecule has 1 aromatic rings. The molecule has 0 aliphatic rings. The van der Waals surface area contributed by atoms with Gasteiger partial charge in [0.25, 0.3) is 11.6 Å². The van der Waals surface area contributed by atoms with Gasteiger partial charge in [0.2, 0.25) is 0 Å². The molecular weight excluding hydrogens is 340 g/mol. The van der Waals surface area contributed by atoms with Gasteiger partial charge in [-0.05, 0) is 25.5 Å². The third-order valence-corrected chi connectivity index (χ3v) is 4.53. The van der Waals surface area contributed by atoms with Gasteiger partial charge in [0.1, 0.15) is 4.90 Å². The average molecular weight is 358 g/mol. The third-order valence-electron chi connectivity index (χ3n) is 2.90. The van der Waals surface area contributed by atoms with Crippen LogP contribution in [0.4, 0.5) is 5.69 Å². The minimum Gasteiger partial charge on any atom is -0.465 e. The molecule has 1 N–H and O–H groups in total. The normalized spacial score (nSPS) is 10.9. The predicted molar refractivity (Wildman–Crippen MR) is 84.4 cm³/mol. The molecule has 0 saturated heterocycles. The first-order chi connectivity index (χ1) is 11.2. The lowest BCUT2D eigenvalue weighted by Crippen LogP contribution is -2.24. The summed E-state index contributed by atoms with van der Waals surface area (Å²) in [6, 6.07) is 2.99. The molecule has 10 heteroatoms. The number of sulfone groups is 1. The van der Waals surface area contributed by atoms with E-state index in [9.17, 15) is 28.1 Å². The number of nitrogens with one attached hydrogen (secondary N) is 1. The number of nitro benzene ring substituents is 1. The Morgan fingerprint density at radius 3 is 2.50 bits per heavy atom. The molecule has 0 aliphatic carbocycles. The molecule has 132 valence electrons. The molecule has 0 spiro atoms. The Balaban J connectivity index is 3.22. The minimum absolute atomic E-state index is 0.00696. The molecule has 0 aliphatic heterocycles. The van der Waals surface area contributed by atoms with E-state index in [1.54, 1.807) is 0 Å². The number of carbonyl (C=O) groups excluding carboxylic acids is 2. The highest BCUT2D eigenvalue weighted by molar-refractivity contribution is 7.92. The van der Waals surface area contributed by atoms with Crippen molar-refractivity contribution in [2.24, 2.45) is 0 Å². The Kier molecular flexibility index (Phi) is 6.83. The summed E-state index contributed by atoms with van der Waals surface area (Å²) in [6.07, 6.45) is 0.680. The maximum Gasteiger partial charge on any atom is 0.321 e. The molecule has 1 rings (SSSR count). The van der Waals surface area contributed by atoms with Crippen molar-refractivity contribution in [1.82, 2.24) is 5.32 Å². The van der Waals surface area contributed by atoms with Crippen LogP contribution in [0.5, 0.6) is 0 Å². The van der Waals surface area contributed by atoms with Crippen molar-refractivity contribution < 1.29 is 27.7 Å². The predicted octanol–water partition coefficient (Wildman–Crippen LogP) is 1.07. The van der Waals surface area contributed by atoms with Crippen molar-refractivity contribution in [3.8, 4) is 0 Å². The monoisotopic (exact) mass is 358 g/mol. The van der Waals surface area contributed by atoms with Crippen LogP contribution in [-0.4, -0.2) is 44.1 Å². The number of nitrogens with zero attached hydrogens (tertiary/aromatic N) is 1. The summed E-state index contributed by atoms with van der Waals surface area (Å²) in [5.41, 5.74) is -0.798. The van der Waals surface area contributed by atoms with Crippen molar-refractivity contribution in [3.63, 3.8) is 0 Å². The van der Waals surface area contributed by atoms with Gasteiger partial charge in [0, 0.05) is 18.2 Å². The van der Waals surface area contributed by atoms with Gasteiger partial charge >= 0.3 is 5.97 Å². The fraction of sp³-hybridized carbons (Fsp3) is 0.429.